The summed E-state index contributed by atoms with van der Waals surface area (Å²) in [5.74, 6) is -1.03. The van der Waals surface area contributed by atoms with Crippen molar-refractivity contribution < 1.29 is 27.6 Å². The van der Waals surface area contributed by atoms with Gasteiger partial charge < -0.3 is 9.80 Å². The van der Waals surface area contributed by atoms with E-state index >= 15 is 0 Å². The van der Waals surface area contributed by atoms with Crippen LogP contribution in [-0.2, 0) is 15.8 Å². The van der Waals surface area contributed by atoms with Crippen LogP contribution in [0, 0.1) is 17.2 Å². The lowest BCUT2D eigenvalue weighted by molar-refractivity contribution is -0.139. The van der Waals surface area contributed by atoms with Gasteiger partial charge in [-0.2, -0.15) is 18.4 Å². The lowest BCUT2D eigenvalue weighted by Crippen LogP contribution is -2.55. The van der Waals surface area contributed by atoms with E-state index in [1.54, 1.807) is 18.7 Å². The van der Waals surface area contributed by atoms with Crippen LogP contribution in [0.3, 0.4) is 0 Å². The second-order valence-electron chi connectivity index (χ2n) is 7.75. The molecule has 3 atom stereocenters. The second-order valence-corrected chi connectivity index (χ2v) is 7.75. The number of alkyl halides is 3. The monoisotopic (exact) mass is 406 g/mol. The molecular formula is C19H17F3N4O3. The van der Waals surface area contributed by atoms with Crippen molar-refractivity contribution in [3.8, 4) is 6.07 Å². The number of amides is 4. The number of benzene rings is 1. The Bertz CT molecular complexity index is 968. The van der Waals surface area contributed by atoms with Crippen LogP contribution in [0.15, 0.2) is 18.2 Å². The topological polar surface area (TPSA) is 84.7 Å². The fourth-order valence-corrected chi connectivity index (χ4v) is 4.48. The van der Waals surface area contributed by atoms with Gasteiger partial charge in [-0.15, -0.1) is 0 Å². The molecule has 1 aromatic carbocycles. The predicted octanol–water partition coefficient (Wildman–Crippen LogP) is 2.35. The molecule has 3 heterocycles. The maximum Gasteiger partial charge on any atom is 0.417 e. The first kappa shape index (κ1) is 19.2. The molecule has 4 rings (SSSR count). The van der Waals surface area contributed by atoms with E-state index in [-0.39, 0.29) is 23.6 Å². The van der Waals surface area contributed by atoms with E-state index in [0.717, 1.165) is 17.0 Å². The van der Waals surface area contributed by atoms with Gasteiger partial charge in [0.25, 0.3) is 5.91 Å². The Morgan fingerprint density at radius 3 is 2.55 bits per heavy atom. The van der Waals surface area contributed by atoms with Crippen LogP contribution in [0.4, 0.5) is 23.7 Å². The maximum absolute atomic E-state index is 13.3. The third kappa shape index (κ3) is 2.68. The number of nitriles is 1. The molecule has 3 aliphatic heterocycles. The van der Waals surface area contributed by atoms with Crippen molar-refractivity contribution in [1.29, 1.82) is 5.26 Å². The van der Waals surface area contributed by atoms with Crippen LogP contribution in [0.5, 0.6) is 0 Å². The number of fused-ring (bicyclic) bond motifs is 5. The van der Waals surface area contributed by atoms with Crippen molar-refractivity contribution in [3.63, 3.8) is 0 Å². The van der Waals surface area contributed by atoms with E-state index < -0.39 is 41.3 Å². The van der Waals surface area contributed by atoms with E-state index in [1.807, 2.05) is 0 Å². The van der Waals surface area contributed by atoms with Gasteiger partial charge in [-0.25, -0.2) is 9.69 Å². The van der Waals surface area contributed by atoms with Crippen LogP contribution in [-0.4, -0.2) is 52.3 Å². The molecule has 4 amide bonds. The third-order valence-electron chi connectivity index (χ3n) is 5.73. The first-order valence-corrected chi connectivity index (χ1v) is 9.14. The zero-order chi connectivity index (χ0) is 21.2. The van der Waals surface area contributed by atoms with Crippen molar-refractivity contribution >= 4 is 23.5 Å². The quantitative estimate of drug-likeness (QED) is 0.706. The molecule has 3 aliphatic rings. The summed E-state index contributed by atoms with van der Waals surface area (Å²) in [4.78, 5) is 42.1. The molecule has 0 aromatic heterocycles. The van der Waals surface area contributed by atoms with Crippen LogP contribution < -0.4 is 4.90 Å². The van der Waals surface area contributed by atoms with Crippen LogP contribution in [0.1, 0.15) is 31.4 Å². The van der Waals surface area contributed by atoms with Gasteiger partial charge in [-0.1, -0.05) is 13.8 Å². The van der Waals surface area contributed by atoms with Crippen LogP contribution in [0.25, 0.3) is 0 Å². The minimum atomic E-state index is -4.80. The lowest BCUT2D eigenvalue weighted by Gasteiger charge is -2.35. The summed E-state index contributed by atoms with van der Waals surface area (Å²) >= 11 is 0. The highest BCUT2D eigenvalue weighted by molar-refractivity contribution is 6.22. The summed E-state index contributed by atoms with van der Waals surface area (Å²) in [6.07, 6.45) is -4.32. The molecule has 3 saturated heterocycles. The zero-order valence-electron chi connectivity index (χ0n) is 15.6. The highest BCUT2D eigenvalue weighted by Gasteiger charge is 2.63. The Balaban J connectivity index is 1.70. The van der Waals surface area contributed by atoms with E-state index in [0.29, 0.717) is 19.0 Å². The van der Waals surface area contributed by atoms with Gasteiger partial charge in [0.15, 0.2) is 0 Å². The fraction of sp³-hybridized carbons (Fsp3) is 0.474. The summed E-state index contributed by atoms with van der Waals surface area (Å²) in [6, 6.07) is 1.83. The van der Waals surface area contributed by atoms with Crippen LogP contribution in [0.2, 0.25) is 0 Å². The van der Waals surface area contributed by atoms with Gasteiger partial charge in [0, 0.05) is 12.5 Å². The van der Waals surface area contributed by atoms with Crippen molar-refractivity contribution in [2.75, 3.05) is 11.4 Å². The third-order valence-corrected chi connectivity index (χ3v) is 5.73. The molecule has 0 radical (unpaired) electrons. The number of hydrogen-bond donors (Lipinski definition) is 0. The number of carbonyl (C=O) groups excluding carboxylic acids is 3. The molecule has 2 bridgehead atoms. The van der Waals surface area contributed by atoms with Gasteiger partial charge >= 0.3 is 12.2 Å². The largest absolute Gasteiger partial charge is 0.417 e. The number of rotatable bonds is 2. The van der Waals surface area contributed by atoms with Gasteiger partial charge in [0.05, 0.1) is 35.0 Å². The Morgan fingerprint density at radius 1 is 1.28 bits per heavy atom. The molecule has 7 nitrogen and oxygen atoms in total. The number of halogens is 3. The summed E-state index contributed by atoms with van der Waals surface area (Å²) in [5, 5.41) is 8.93. The number of carbonyl (C=O) groups is 3. The molecule has 0 saturated carbocycles. The van der Waals surface area contributed by atoms with Gasteiger partial charge in [-0.05, 0) is 24.6 Å². The number of hydrogen-bond acceptors (Lipinski definition) is 4. The van der Waals surface area contributed by atoms with Crippen molar-refractivity contribution in [3.05, 3.63) is 29.3 Å². The van der Waals surface area contributed by atoms with Crippen molar-refractivity contribution in [1.82, 2.24) is 9.80 Å². The van der Waals surface area contributed by atoms with E-state index in [2.05, 4.69) is 0 Å². The van der Waals surface area contributed by atoms with Gasteiger partial charge in [0.2, 0.25) is 5.91 Å². The zero-order valence-corrected chi connectivity index (χ0v) is 15.6. The number of likely N-dealkylation sites (tertiary alicyclic amines) is 1. The average Bonchev–Trinajstić information content (AvgIpc) is 3.31. The number of urea groups is 1. The molecule has 0 N–H and O–H groups in total. The van der Waals surface area contributed by atoms with Crippen LogP contribution >= 0.6 is 0 Å². The van der Waals surface area contributed by atoms with E-state index in [1.165, 1.54) is 11.0 Å². The summed E-state index contributed by atoms with van der Waals surface area (Å²) in [6.45, 7) is 3.80. The predicted molar refractivity (Wildman–Crippen MR) is 93.4 cm³/mol. The smallest absolute Gasteiger partial charge is 0.335 e. The first-order valence-electron chi connectivity index (χ1n) is 9.14. The Hall–Kier alpha value is -3.09. The molecule has 1 aromatic rings. The maximum atomic E-state index is 13.3. The molecular weight excluding hydrogens is 389 g/mol. The number of piperazine rings is 1. The number of imide groups is 1. The summed E-state index contributed by atoms with van der Waals surface area (Å²) in [5.41, 5.74) is -2.03. The van der Waals surface area contributed by atoms with E-state index in [4.69, 9.17) is 5.26 Å². The minimum Gasteiger partial charge on any atom is -0.335 e. The Labute approximate surface area is 164 Å². The lowest BCUT2D eigenvalue weighted by atomic mass is 10.0. The molecule has 10 heteroatoms. The number of anilines is 1. The van der Waals surface area contributed by atoms with Gasteiger partial charge in [-0.3, -0.25) is 9.59 Å². The number of nitrogens with zero attached hydrogens (tertiary/aromatic N) is 4. The van der Waals surface area contributed by atoms with Crippen molar-refractivity contribution in [2.45, 2.75) is 44.6 Å². The van der Waals surface area contributed by atoms with Crippen molar-refractivity contribution in [2.24, 2.45) is 5.92 Å². The molecule has 152 valence electrons. The highest BCUT2D eigenvalue weighted by atomic mass is 19.4. The highest BCUT2D eigenvalue weighted by Crippen LogP contribution is 2.43. The SMILES string of the molecule is CC(C)C(=O)N1C[C@@H]2C[C@H]1[C@@H]1C(=O)N(c3ccc(C#N)c(C(F)(F)F)c3)C(=O)N21. The van der Waals surface area contributed by atoms with Gasteiger partial charge in [0.1, 0.15) is 6.04 Å². The molecule has 29 heavy (non-hydrogen) atoms. The summed E-state index contributed by atoms with van der Waals surface area (Å²) < 4.78 is 39.8. The normalized spacial score (nSPS) is 25.8. The van der Waals surface area contributed by atoms with E-state index in [9.17, 15) is 27.6 Å². The molecule has 0 unspecified atom stereocenters. The summed E-state index contributed by atoms with van der Waals surface area (Å²) in [7, 11) is 0. The molecule has 0 aliphatic carbocycles. The Kier molecular flexibility index (Phi) is 4.12. The molecule has 0 spiro atoms. The first-order chi connectivity index (χ1) is 13.6. The standard InChI is InChI=1S/C19H17F3N4O3/c1-9(2)16(27)24-8-12-6-14(24)15-17(28)26(18(29)25(12)15)11-4-3-10(7-23)13(5-11)19(20,21)22/h3-5,9,12,14-15H,6,8H2,1-2H3/t12-,14-,15+/m0/s1. The fourth-order valence-electron chi connectivity index (χ4n) is 4.48. The minimum absolute atomic E-state index is 0.117. The Morgan fingerprint density at radius 2 is 1.97 bits per heavy atom. The molecule has 3 fully saturated rings. The average molecular weight is 406 g/mol. The second kappa shape index (κ2) is 6.20.